The average Bonchev–Trinajstić information content (AvgIpc) is 3.31. The third kappa shape index (κ3) is 2.86. The molecule has 2 aliphatic carbocycles. The van der Waals surface area contributed by atoms with Gasteiger partial charge in [0.15, 0.2) is 0 Å². The molecular weight excluding hydrogens is 314 g/mol. The number of carbonyl (C=O) groups is 2. The molecule has 1 aliphatic heterocycles. The van der Waals surface area contributed by atoms with Crippen LogP contribution in [0.25, 0.3) is 0 Å². The van der Waals surface area contributed by atoms with Crippen LogP contribution in [-0.4, -0.2) is 27.7 Å². The van der Waals surface area contributed by atoms with E-state index in [4.69, 9.17) is 0 Å². The Morgan fingerprint density at radius 1 is 1.24 bits per heavy atom. The monoisotopic (exact) mass is 339 g/mol. The zero-order chi connectivity index (χ0) is 17.3. The molecule has 3 aliphatic rings. The van der Waals surface area contributed by atoms with Gasteiger partial charge in [-0.05, 0) is 49.8 Å². The van der Waals surface area contributed by atoms with Crippen LogP contribution >= 0.6 is 0 Å². The minimum Gasteiger partial charge on any atom is -0.351 e. The Labute approximate surface area is 148 Å². The van der Waals surface area contributed by atoms with E-state index in [2.05, 4.69) is 16.4 Å². The molecular formula is C20H25N3O2. The first-order valence-electron chi connectivity index (χ1n) is 9.41. The minimum atomic E-state index is -0.510. The first-order chi connectivity index (χ1) is 12.2. The van der Waals surface area contributed by atoms with Crippen LogP contribution in [0.2, 0.25) is 0 Å². The Morgan fingerprint density at radius 2 is 2.00 bits per heavy atom. The zero-order valence-electron chi connectivity index (χ0n) is 14.5. The molecule has 0 unspecified atom stereocenters. The first-order valence-corrected chi connectivity index (χ1v) is 9.41. The van der Waals surface area contributed by atoms with Crippen LogP contribution in [0.4, 0.5) is 0 Å². The van der Waals surface area contributed by atoms with Crippen LogP contribution in [0.15, 0.2) is 36.3 Å². The Morgan fingerprint density at radius 3 is 2.76 bits per heavy atom. The van der Waals surface area contributed by atoms with Crippen LogP contribution in [0.1, 0.15) is 56.9 Å². The van der Waals surface area contributed by atoms with Crippen molar-refractivity contribution in [3.05, 3.63) is 41.9 Å². The summed E-state index contributed by atoms with van der Waals surface area (Å²) in [6.45, 7) is 0.508. The van der Waals surface area contributed by atoms with Crippen LogP contribution in [0.5, 0.6) is 0 Å². The van der Waals surface area contributed by atoms with Gasteiger partial charge in [0.25, 0.3) is 0 Å². The second-order valence-electron chi connectivity index (χ2n) is 7.45. The topological polar surface area (TPSA) is 62.3 Å². The average molecular weight is 339 g/mol. The summed E-state index contributed by atoms with van der Waals surface area (Å²) < 4.78 is 0. The van der Waals surface area contributed by atoms with E-state index in [1.807, 2.05) is 17.0 Å². The Balaban J connectivity index is 1.54. The summed E-state index contributed by atoms with van der Waals surface area (Å²) in [4.78, 5) is 31.8. The van der Waals surface area contributed by atoms with E-state index in [-0.39, 0.29) is 11.8 Å². The molecule has 2 fully saturated rings. The maximum absolute atomic E-state index is 13.1. The Bertz CT molecular complexity index is 694. The highest BCUT2D eigenvalue weighted by atomic mass is 16.2. The largest absolute Gasteiger partial charge is 0.351 e. The molecule has 0 bridgehead atoms. The van der Waals surface area contributed by atoms with Crippen molar-refractivity contribution >= 4 is 11.8 Å². The van der Waals surface area contributed by atoms with Crippen molar-refractivity contribution in [2.75, 3.05) is 0 Å². The van der Waals surface area contributed by atoms with Gasteiger partial charge in [-0.25, -0.2) is 0 Å². The summed E-state index contributed by atoms with van der Waals surface area (Å²) in [6, 6.07) is 4.13. The summed E-state index contributed by atoms with van der Waals surface area (Å²) in [5, 5.41) is 3.11. The summed E-state index contributed by atoms with van der Waals surface area (Å²) in [5.41, 5.74) is 1.52. The molecule has 0 aromatic carbocycles. The lowest BCUT2D eigenvalue weighted by atomic mass is 9.75. The van der Waals surface area contributed by atoms with Crippen molar-refractivity contribution < 1.29 is 9.59 Å². The highest BCUT2D eigenvalue weighted by Gasteiger charge is 2.52. The number of hydrogen-bond donors (Lipinski definition) is 1. The zero-order valence-corrected chi connectivity index (χ0v) is 14.5. The lowest BCUT2D eigenvalue weighted by molar-refractivity contribution is -0.141. The van der Waals surface area contributed by atoms with Gasteiger partial charge in [-0.15, -0.1) is 0 Å². The maximum atomic E-state index is 13.1. The van der Waals surface area contributed by atoms with Gasteiger partial charge >= 0.3 is 0 Å². The van der Waals surface area contributed by atoms with Crippen LogP contribution in [-0.2, 0) is 16.1 Å². The standard InChI is InChI=1S/C20H25N3O2/c24-18-7-11-20(19(25)22-14-15-8-12-21-13-9-15)10-3-6-17(20)23(18)16-4-1-2-5-16/h6,8-9,12-13,16H,1-5,7,10-11,14H2,(H,22,25)/t20-/m1/s1. The Kier molecular flexibility index (Phi) is 4.32. The van der Waals surface area contributed by atoms with Gasteiger partial charge in [-0.3, -0.25) is 14.6 Å². The molecule has 25 heavy (non-hydrogen) atoms. The molecule has 1 aromatic rings. The van der Waals surface area contributed by atoms with Gasteiger partial charge in [-0.1, -0.05) is 18.9 Å². The lowest BCUT2D eigenvalue weighted by Gasteiger charge is -2.44. The number of rotatable bonds is 4. The third-order valence-corrected chi connectivity index (χ3v) is 6.02. The van der Waals surface area contributed by atoms with Crippen molar-refractivity contribution in [3.63, 3.8) is 0 Å². The summed E-state index contributed by atoms with van der Waals surface area (Å²) >= 11 is 0. The number of amides is 2. The van der Waals surface area contributed by atoms with E-state index in [1.54, 1.807) is 12.4 Å². The second-order valence-corrected chi connectivity index (χ2v) is 7.45. The number of allylic oxidation sites excluding steroid dienone is 1. The SMILES string of the molecule is O=C1CC[C@]2(C(=O)NCc3ccncc3)CCC=C2N1C1CCCC1. The van der Waals surface area contributed by atoms with Crippen molar-refractivity contribution in [1.82, 2.24) is 15.2 Å². The fourth-order valence-corrected chi connectivity index (χ4v) is 4.69. The molecule has 5 heteroatoms. The molecule has 2 heterocycles. The quantitative estimate of drug-likeness (QED) is 0.917. The minimum absolute atomic E-state index is 0.0727. The van der Waals surface area contributed by atoms with Crippen molar-refractivity contribution in [1.29, 1.82) is 0 Å². The molecule has 0 radical (unpaired) electrons. The number of hydrogen-bond acceptors (Lipinski definition) is 3. The van der Waals surface area contributed by atoms with E-state index < -0.39 is 5.41 Å². The summed E-state index contributed by atoms with van der Waals surface area (Å²) in [7, 11) is 0. The molecule has 0 spiro atoms. The molecule has 1 saturated carbocycles. The second kappa shape index (κ2) is 6.62. The number of nitrogens with zero attached hydrogens (tertiary/aromatic N) is 2. The number of pyridine rings is 1. The number of nitrogens with one attached hydrogen (secondary N) is 1. The van der Waals surface area contributed by atoms with Crippen LogP contribution in [0.3, 0.4) is 0 Å². The number of piperidine rings is 1. The summed E-state index contributed by atoms with van der Waals surface area (Å²) in [5.74, 6) is 0.279. The van der Waals surface area contributed by atoms with Gasteiger partial charge in [-0.2, -0.15) is 0 Å². The van der Waals surface area contributed by atoms with E-state index in [1.165, 1.54) is 12.8 Å². The van der Waals surface area contributed by atoms with Crippen LogP contribution < -0.4 is 5.32 Å². The van der Waals surface area contributed by atoms with E-state index >= 15 is 0 Å². The molecule has 1 atom stereocenters. The van der Waals surface area contributed by atoms with Crippen molar-refractivity contribution in [3.8, 4) is 0 Å². The highest BCUT2D eigenvalue weighted by Crippen LogP contribution is 2.50. The molecule has 5 nitrogen and oxygen atoms in total. The van der Waals surface area contributed by atoms with Gasteiger partial charge in [0.2, 0.25) is 11.8 Å². The van der Waals surface area contributed by atoms with Crippen molar-refractivity contribution in [2.24, 2.45) is 5.41 Å². The fourth-order valence-electron chi connectivity index (χ4n) is 4.69. The smallest absolute Gasteiger partial charge is 0.232 e. The van der Waals surface area contributed by atoms with Crippen molar-refractivity contribution in [2.45, 2.75) is 64.0 Å². The highest BCUT2D eigenvalue weighted by molar-refractivity contribution is 5.91. The molecule has 132 valence electrons. The van der Waals surface area contributed by atoms with Crippen LogP contribution in [0, 0.1) is 5.41 Å². The molecule has 2 amide bonds. The van der Waals surface area contributed by atoms with E-state index in [9.17, 15) is 9.59 Å². The first kappa shape index (κ1) is 16.3. The lowest BCUT2D eigenvalue weighted by Crippen LogP contribution is -2.52. The molecule has 1 N–H and O–H groups in total. The predicted molar refractivity (Wildman–Crippen MR) is 94.2 cm³/mol. The number of fused-ring (bicyclic) bond motifs is 1. The molecule has 1 aromatic heterocycles. The maximum Gasteiger partial charge on any atom is 0.232 e. The normalized spacial score (nSPS) is 26.5. The number of carbonyl (C=O) groups excluding carboxylic acids is 2. The summed E-state index contributed by atoms with van der Waals surface area (Å²) in [6.07, 6.45) is 12.9. The van der Waals surface area contributed by atoms with Gasteiger partial charge in [0.1, 0.15) is 0 Å². The number of likely N-dealkylation sites (tertiary alicyclic amines) is 1. The third-order valence-electron chi connectivity index (χ3n) is 6.02. The molecule has 1 saturated heterocycles. The fraction of sp³-hybridized carbons (Fsp3) is 0.550. The Hall–Kier alpha value is -2.17. The van der Waals surface area contributed by atoms with Gasteiger partial charge < -0.3 is 10.2 Å². The predicted octanol–water partition coefficient (Wildman–Crippen LogP) is 2.93. The van der Waals surface area contributed by atoms with E-state index in [0.29, 0.717) is 25.4 Å². The van der Waals surface area contributed by atoms with Gasteiger partial charge in [0, 0.05) is 37.1 Å². The molecule has 4 rings (SSSR count). The van der Waals surface area contributed by atoms with E-state index in [0.717, 1.165) is 36.9 Å². The van der Waals surface area contributed by atoms with Gasteiger partial charge in [0.05, 0.1) is 5.41 Å². The number of aromatic nitrogens is 1.